The van der Waals surface area contributed by atoms with Crippen molar-refractivity contribution in [2.45, 2.75) is 6.92 Å². The van der Waals surface area contributed by atoms with Crippen LogP contribution in [0.3, 0.4) is 0 Å². The Hall–Kier alpha value is -3.15. The van der Waals surface area contributed by atoms with Crippen molar-refractivity contribution in [2.75, 3.05) is 19.6 Å². The predicted molar refractivity (Wildman–Crippen MR) is 103 cm³/mol. The van der Waals surface area contributed by atoms with Gasteiger partial charge in [-0.2, -0.15) is 13.5 Å². The highest BCUT2D eigenvalue weighted by atomic mass is 32.3. The Bertz CT molecular complexity index is 932. The van der Waals surface area contributed by atoms with Crippen molar-refractivity contribution < 1.29 is 36.9 Å². The van der Waals surface area contributed by atoms with Gasteiger partial charge in [0.25, 0.3) is 0 Å². The van der Waals surface area contributed by atoms with Crippen LogP contribution in [0.25, 0.3) is 0 Å². The molecule has 0 radical (unpaired) electrons. The summed E-state index contributed by atoms with van der Waals surface area (Å²) in [6.45, 7) is 1.84. The molecule has 0 aliphatic rings. The van der Waals surface area contributed by atoms with Crippen LogP contribution in [0.5, 0.6) is 11.5 Å². The first-order valence-electron chi connectivity index (χ1n) is 7.61. The maximum atomic E-state index is 10.8. The molecule has 0 unspecified atom stereocenters. The van der Waals surface area contributed by atoms with Crippen molar-refractivity contribution >= 4 is 27.8 Å². The van der Waals surface area contributed by atoms with Gasteiger partial charge in [-0.1, -0.05) is 0 Å². The lowest BCUT2D eigenvalue weighted by Crippen LogP contribution is -2.03. The molecule has 0 saturated carbocycles. The number of hydrogen-bond acceptors (Lipinski definition) is 7. The molecule has 0 aromatic heterocycles. The third kappa shape index (κ3) is 8.03. The zero-order valence-electron chi connectivity index (χ0n) is 15.3. The van der Waals surface area contributed by atoms with E-state index in [0.717, 1.165) is 5.56 Å². The summed E-state index contributed by atoms with van der Waals surface area (Å²) in [5.74, 6) is 0.439. The fraction of sp³-hybridized carbons (Fsp3) is 0.176. The van der Waals surface area contributed by atoms with Crippen molar-refractivity contribution in [3.05, 3.63) is 53.6 Å². The number of hydrogen-bond donors (Lipinski definition) is 4. The van der Waals surface area contributed by atoms with Gasteiger partial charge < -0.3 is 14.6 Å². The lowest BCUT2D eigenvalue weighted by Gasteiger charge is -2.10. The first-order valence-corrected chi connectivity index (χ1v) is 9.00. The van der Waals surface area contributed by atoms with Gasteiger partial charge in [-0.05, 0) is 49.4 Å². The van der Waals surface area contributed by atoms with Crippen LogP contribution in [-0.2, 0) is 10.4 Å². The van der Waals surface area contributed by atoms with E-state index >= 15 is 0 Å². The molecule has 0 fully saturated rings. The number of methoxy groups -OCH3 is 2. The van der Waals surface area contributed by atoms with Crippen molar-refractivity contribution in [1.82, 2.24) is 0 Å². The monoisotopic (exact) mass is 412 g/mol. The quantitative estimate of drug-likeness (QED) is 0.318. The number of hydrazone groups is 1. The fourth-order valence-electron chi connectivity index (χ4n) is 1.99. The van der Waals surface area contributed by atoms with Crippen LogP contribution >= 0.6 is 0 Å². The van der Waals surface area contributed by atoms with E-state index in [4.69, 9.17) is 32.1 Å². The number of nitrogens with one attached hydrogen (secondary N) is 1. The van der Waals surface area contributed by atoms with Crippen LogP contribution < -0.4 is 14.9 Å². The largest absolute Gasteiger partial charge is 0.497 e. The van der Waals surface area contributed by atoms with E-state index < -0.39 is 16.4 Å². The average molecular weight is 412 g/mol. The number of carboxylic acids is 1. The first kappa shape index (κ1) is 22.9. The molecule has 0 saturated heterocycles. The second-order valence-corrected chi connectivity index (χ2v) is 6.10. The third-order valence-corrected chi connectivity index (χ3v) is 3.28. The van der Waals surface area contributed by atoms with Gasteiger partial charge in [-0.15, -0.1) is 0 Å². The lowest BCUT2D eigenvalue weighted by molar-refractivity contribution is 0.0697. The highest BCUT2D eigenvalue weighted by Gasteiger charge is 2.08. The Morgan fingerprint density at radius 1 is 1.04 bits per heavy atom. The van der Waals surface area contributed by atoms with E-state index in [-0.39, 0.29) is 5.56 Å². The highest BCUT2D eigenvalue weighted by Crippen LogP contribution is 2.24. The summed E-state index contributed by atoms with van der Waals surface area (Å²) in [5, 5.41) is 13.2. The van der Waals surface area contributed by atoms with E-state index in [0.29, 0.717) is 22.9 Å². The Morgan fingerprint density at radius 3 is 2.07 bits per heavy atom. The van der Waals surface area contributed by atoms with Crippen molar-refractivity contribution in [3.63, 3.8) is 0 Å². The summed E-state index contributed by atoms with van der Waals surface area (Å²) >= 11 is 0. The highest BCUT2D eigenvalue weighted by molar-refractivity contribution is 7.79. The molecule has 4 N–H and O–H groups in total. The maximum Gasteiger partial charge on any atom is 0.394 e. The number of nitrogens with zero attached hydrogens (tertiary/aromatic N) is 1. The number of ether oxygens (including phenoxy) is 2. The van der Waals surface area contributed by atoms with Gasteiger partial charge >= 0.3 is 16.4 Å². The van der Waals surface area contributed by atoms with Gasteiger partial charge in [0.05, 0.1) is 31.2 Å². The minimum Gasteiger partial charge on any atom is -0.497 e. The normalized spacial score (nSPS) is 11.1. The molecule has 152 valence electrons. The minimum absolute atomic E-state index is 0.228. The smallest absolute Gasteiger partial charge is 0.394 e. The van der Waals surface area contributed by atoms with Crippen molar-refractivity contribution in [1.29, 1.82) is 0 Å². The second kappa shape index (κ2) is 10.3. The zero-order valence-corrected chi connectivity index (χ0v) is 16.1. The molecule has 10 nitrogen and oxygen atoms in total. The summed E-state index contributed by atoms with van der Waals surface area (Å²) in [6.07, 6.45) is 0. The van der Waals surface area contributed by atoms with Gasteiger partial charge in [0.2, 0.25) is 0 Å². The van der Waals surface area contributed by atoms with Crippen molar-refractivity contribution in [2.24, 2.45) is 5.10 Å². The Labute approximate surface area is 162 Å². The maximum absolute atomic E-state index is 10.8. The van der Waals surface area contributed by atoms with Crippen LogP contribution in [0.4, 0.5) is 5.69 Å². The molecule has 2 rings (SSSR count). The molecule has 0 bridgehead atoms. The Morgan fingerprint density at radius 2 is 1.61 bits per heavy atom. The molecule has 2 aromatic carbocycles. The number of carboxylic acid groups (broad SMARTS) is 1. The summed E-state index contributed by atoms with van der Waals surface area (Å²) in [6, 6.07) is 11.8. The number of carbonyl (C=O) groups is 1. The average Bonchev–Trinajstić information content (AvgIpc) is 2.64. The lowest BCUT2D eigenvalue weighted by atomic mass is 10.1. The van der Waals surface area contributed by atoms with Crippen LogP contribution in [0.2, 0.25) is 0 Å². The SMILES string of the molecule is COc1ccc(OC)c(C(C)=NNc2ccc(C(=O)O)cc2)c1.O=S(=O)(O)O. The van der Waals surface area contributed by atoms with E-state index in [2.05, 4.69) is 10.5 Å². The van der Waals surface area contributed by atoms with E-state index in [1.165, 1.54) is 12.1 Å². The standard InChI is InChI=1S/C17H18N2O4.H2O4S/c1-11(15-10-14(22-2)8-9-16(15)23-3)18-19-13-6-4-12(5-7-13)17(20)21;1-5(2,3)4/h4-10,19H,1-3H3,(H,20,21);(H2,1,2,3,4). The number of benzene rings is 2. The summed E-state index contributed by atoms with van der Waals surface area (Å²) in [4.78, 5) is 10.8. The molecule has 11 heteroatoms. The molecule has 0 spiro atoms. The molecule has 28 heavy (non-hydrogen) atoms. The Kier molecular flexibility index (Phi) is 8.38. The van der Waals surface area contributed by atoms with Crippen molar-refractivity contribution in [3.8, 4) is 11.5 Å². The van der Waals surface area contributed by atoms with Gasteiger partial charge in [0.15, 0.2) is 0 Å². The summed E-state index contributed by atoms with van der Waals surface area (Å²) < 4.78 is 42.1. The second-order valence-electron chi connectivity index (χ2n) is 5.21. The van der Waals surface area contributed by atoms with Gasteiger partial charge in [0, 0.05) is 5.56 Å². The molecular weight excluding hydrogens is 392 g/mol. The van der Waals surface area contributed by atoms with Crippen LogP contribution in [0.1, 0.15) is 22.8 Å². The summed E-state index contributed by atoms with van der Waals surface area (Å²) in [5.41, 5.74) is 5.33. The topological polar surface area (TPSA) is 155 Å². The molecule has 0 aliphatic carbocycles. The number of aromatic carboxylic acids is 1. The Balaban J connectivity index is 0.000000696. The molecule has 0 heterocycles. The third-order valence-electron chi connectivity index (χ3n) is 3.28. The molecule has 0 aliphatic heterocycles. The zero-order chi connectivity index (χ0) is 21.3. The number of anilines is 1. The van der Waals surface area contributed by atoms with Crippen LogP contribution in [0, 0.1) is 0 Å². The van der Waals surface area contributed by atoms with Crippen LogP contribution in [0.15, 0.2) is 47.6 Å². The number of rotatable bonds is 6. The van der Waals surface area contributed by atoms with E-state index in [1.54, 1.807) is 26.4 Å². The summed E-state index contributed by atoms with van der Waals surface area (Å²) in [7, 11) is -1.48. The van der Waals surface area contributed by atoms with Gasteiger partial charge in [-0.3, -0.25) is 14.5 Å². The molecule has 0 atom stereocenters. The minimum atomic E-state index is -4.67. The van der Waals surface area contributed by atoms with E-state index in [1.807, 2.05) is 25.1 Å². The predicted octanol–water partition coefficient (Wildman–Crippen LogP) is 2.59. The van der Waals surface area contributed by atoms with Gasteiger partial charge in [0.1, 0.15) is 11.5 Å². The molecular formula is C17H20N2O8S. The molecule has 2 aromatic rings. The van der Waals surface area contributed by atoms with Crippen LogP contribution in [-0.4, -0.2) is 48.5 Å². The molecule has 0 amide bonds. The van der Waals surface area contributed by atoms with Gasteiger partial charge in [-0.25, -0.2) is 4.79 Å². The fourth-order valence-corrected chi connectivity index (χ4v) is 1.99. The van der Waals surface area contributed by atoms with E-state index in [9.17, 15) is 4.79 Å². The first-order chi connectivity index (χ1) is 13.0.